The van der Waals surface area contributed by atoms with Crippen molar-refractivity contribution in [2.75, 3.05) is 13.2 Å². The molecule has 0 radical (unpaired) electrons. The minimum Gasteiger partial charge on any atom is -0.492 e. The van der Waals surface area contributed by atoms with Gasteiger partial charge in [0.05, 0.1) is 17.6 Å². The number of para-hydroxylation sites is 2. The minimum atomic E-state index is -0.0116. The van der Waals surface area contributed by atoms with Gasteiger partial charge >= 0.3 is 0 Å². The van der Waals surface area contributed by atoms with Crippen LogP contribution in [-0.4, -0.2) is 28.6 Å². The van der Waals surface area contributed by atoms with Crippen LogP contribution in [0.25, 0.3) is 11.0 Å². The van der Waals surface area contributed by atoms with E-state index in [0.717, 1.165) is 60.4 Å². The van der Waals surface area contributed by atoms with E-state index in [9.17, 15) is 4.79 Å². The predicted octanol–water partition coefficient (Wildman–Crippen LogP) is 6.22. The standard InChI is InChI=1S/C28H30ClN3O2/c1-21-10-12-22(13-11-21)28(33)30-18-6-2-3-9-27-31-25-7-4-5-8-26(25)32(27)19-20-34-24-16-14-23(29)15-17-24/h4-5,7-8,10-17H,2-3,6,9,18-20H2,1H3,(H,30,33). The van der Waals surface area contributed by atoms with Crippen LogP contribution in [0.5, 0.6) is 5.75 Å². The van der Waals surface area contributed by atoms with Gasteiger partial charge < -0.3 is 14.6 Å². The predicted molar refractivity (Wildman–Crippen MR) is 138 cm³/mol. The van der Waals surface area contributed by atoms with E-state index in [1.165, 1.54) is 0 Å². The van der Waals surface area contributed by atoms with Gasteiger partial charge in [-0.2, -0.15) is 0 Å². The molecule has 176 valence electrons. The van der Waals surface area contributed by atoms with Gasteiger partial charge in [-0.25, -0.2) is 4.98 Å². The van der Waals surface area contributed by atoms with E-state index in [0.29, 0.717) is 23.7 Å². The van der Waals surface area contributed by atoms with Crippen LogP contribution in [0.3, 0.4) is 0 Å². The monoisotopic (exact) mass is 475 g/mol. The summed E-state index contributed by atoms with van der Waals surface area (Å²) in [6.45, 7) is 3.98. The van der Waals surface area contributed by atoms with Crippen LogP contribution in [-0.2, 0) is 13.0 Å². The number of ether oxygens (including phenoxy) is 1. The summed E-state index contributed by atoms with van der Waals surface area (Å²) >= 11 is 5.95. The van der Waals surface area contributed by atoms with E-state index in [1.807, 2.05) is 67.6 Å². The van der Waals surface area contributed by atoms with Crippen LogP contribution in [0.1, 0.15) is 41.0 Å². The van der Waals surface area contributed by atoms with Crippen LogP contribution in [0.2, 0.25) is 5.02 Å². The van der Waals surface area contributed by atoms with Crippen molar-refractivity contribution in [2.24, 2.45) is 0 Å². The van der Waals surface area contributed by atoms with Gasteiger partial charge in [-0.1, -0.05) is 47.9 Å². The number of aryl methyl sites for hydroxylation is 2. The maximum atomic E-state index is 12.2. The zero-order valence-electron chi connectivity index (χ0n) is 19.5. The molecule has 0 saturated carbocycles. The molecule has 0 aliphatic carbocycles. The number of halogens is 1. The Morgan fingerprint density at radius 3 is 2.53 bits per heavy atom. The van der Waals surface area contributed by atoms with E-state index in [2.05, 4.69) is 22.0 Å². The van der Waals surface area contributed by atoms with Crippen molar-refractivity contribution in [3.8, 4) is 5.75 Å². The molecule has 1 aromatic heterocycles. The lowest BCUT2D eigenvalue weighted by molar-refractivity contribution is 0.0953. The summed E-state index contributed by atoms with van der Waals surface area (Å²) in [6, 6.07) is 23.3. The third-order valence-electron chi connectivity index (χ3n) is 5.81. The van der Waals surface area contributed by atoms with Crippen molar-refractivity contribution in [3.05, 3.63) is 94.8 Å². The largest absolute Gasteiger partial charge is 0.492 e. The number of nitrogens with zero attached hydrogens (tertiary/aromatic N) is 2. The molecule has 6 heteroatoms. The summed E-state index contributed by atoms with van der Waals surface area (Å²) < 4.78 is 8.17. The number of hydrogen-bond donors (Lipinski definition) is 1. The van der Waals surface area contributed by atoms with Crippen LogP contribution >= 0.6 is 11.6 Å². The van der Waals surface area contributed by atoms with Crippen LogP contribution < -0.4 is 10.1 Å². The van der Waals surface area contributed by atoms with E-state index < -0.39 is 0 Å². The SMILES string of the molecule is Cc1ccc(C(=O)NCCCCCc2nc3ccccc3n2CCOc2ccc(Cl)cc2)cc1. The Balaban J connectivity index is 1.26. The van der Waals surface area contributed by atoms with E-state index in [4.69, 9.17) is 21.3 Å². The van der Waals surface area contributed by atoms with E-state index in [-0.39, 0.29) is 5.91 Å². The minimum absolute atomic E-state index is 0.0116. The number of unbranched alkanes of at least 4 members (excludes halogenated alkanes) is 2. The summed E-state index contributed by atoms with van der Waals surface area (Å²) in [4.78, 5) is 17.1. The zero-order valence-corrected chi connectivity index (χ0v) is 20.2. The van der Waals surface area contributed by atoms with Gasteiger partial charge in [-0.3, -0.25) is 4.79 Å². The van der Waals surface area contributed by atoms with Crippen LogP contribution in [0.4, 0.5) is 0 Å². The van der Waals surface area contributed by atoms with E-state index in [1.54, 1.807) is 0 Å². The quantitative estimate of drug-likeness (QED) is 0.262. The number of nitrogens with one attached hydrogen (secondary N) is 1. The zero-order chi connectivity index (χ0) is 23.8. The Hall–Kier alpha value is -3.31. The maximum absolute atomic E-state index is 12.2. The number of carbonyl (C=O) groups excluding carboxylic acids is 1. The first-order chi connectivity index (χ1) is 16.6. The number of carbonyl (C=O) groups is 1. The van der Waals surface area contributed by atoms with Crippen molar-refractivity contribution in [3.63, 3.8) is 0 Å². The van der Waals surface area contributed by atoms with Gasteiger partial charge in [0.15, 0.2) is 0 Å². The van der Waals surface area contributed by atoms with Crippen molar-refractivity contribution in [1.29, 1.82) is 0 Å². The van der Waals surface area contributed by atoms with Crippen molar-refractivity contribution in [2.45, 2.75) is 39.2 Å². The average Bonchev–Trinajstić information content (AvgIpc) is 3.20. The lowest BCUT2D eigenvalue weighted by Gasteiger charge is -2.11. The summed E-state index contributed by atoms with van der Waals surface area (Å²) in [5.74, 6) is 1.87. The Kier molecular flexibility index (Phi) is 8.21. The molecular weight excluding hydrogens is 446 g/mol. The fraction of sp³-hybridized carbons (Fsp3) is 0.286. The Morgan fingerprint density at radius 1 is 0.971 bits per heavy atom. The van der Waals surface area contributed by atoms with Crippen molar-refractivity contribution < 1.29 is 9.53 Å². The summed E-state index contributed by atoms with van der Waals surface area (Å²) in [5, 5.41) is 3.71. The first kappa shape index (κ1) is 23.8. The molecule has 4 aromatic rings. The maximum Gasteiger partial charge on any atom is 0.251 e. The lowest BCUT2D eigenvalue weighted by atomic mass is 10.1. The molecule has 0 fully saturated rings. The lowest BCUT2D eigenvalue weighted by Crippen LogP contribution is -2.24. The highest BCUT2D eigenvalue weighted by molar-refractivity contribution is 6.30. The molecule has 34 heavy (non-hydrogen) atoms. The Labute approximate surface area is 205 Å². The fourth-order valence-electron chi connectivity index (χ4n) is 3.95. The van der Waals surface area contributed by atoms with Gasteiger partial charge in [0, 0.05) is 23.6 Å². The van der Waals surface area contributed by atoms with Gasteiger partial charge in [0.2, 0.25) is 0 Å². The number of benzene rings is 3. The Morgan fingerprint density at radius 2 is 1.74 bits per heavy atom. The third-order valence-corrected chi connectivity index (χ3v) is 6.06. The van der Waals surface area contributed by atoms with Gasteiger partial charge in [-0.15, -0.1) is 0 Å². The molecule has 4 rings (SSSR count). The molecule has 0 unspecified atom stereocenters. The second kappa shape index (κ2) is 11.7. The molecule has 0 aliphatic heterocycles. The van der Waals surface area contributed by atoms with E-state index >= 15 is 0 Å². The molecule has 0 aliphatic rings. The molecule has 3 aromatic carbocycles. The highest BCUT2D eigenvalue weighted by atomic mass is 35.5. The van der Waals surface area contributed by atoms with Crippen molar-refractivity contribution >= 4 is 28.5 Å². The molecule has 0 bridgehead atoms. The van der Waals surface area contributed by atoms with Gasteiger partial charge in [0.1, 0.15) is 18.2 Å². The average molecular weight is 476 g/mol. The summed E-state index contributed by atoms with van der Waals surface area (Å²) in [7, 11) is 0. The smallest absolute Gasteiger partial charge is 0.251 e. The number of fused-ring (bicyclic) bond motifs is 1. The number of aromatic nitrogens is 2. The topological polar surface area (TPSA) is 56.2 Å². The van der Waals surface area contributed by atoms with Crippen LogP contribution in [0.15, 0.2) is 72.8 Å². The van der Waals surface area contributed by atoms with Gasteiger partial charge in [-0.05, 0) is 68.3 Å². The Bertz CT molecular complexity index is 1220. The number of rotatable bonds is 11. The highest BCUT2D eigenvalue weighted by Gasteiger charge is 2.11. The number of amides is 1. The molecule has 5 nitrogen and oxygen atoms in total. The molecule has 1 N–H and O–H groups in total. The third kappa shape index (κ3) is 6.39. The summed E-state index contributed by atoms with van der Waals surface area (Å²) in [6.07, 6.45) is 3.87. The highest BCUT2D eigenvalue weighted by Crippen LogP contribution is 2.19. The fourth-order valence-corrected chi connectivity index (χ4v) is 4.07. The molecule has 0 spiro atoms. The first-order valence-corrected chi connectivity index (χ1v) is 12.2. The second-order valence-electron chi connectivity index (χ2n) is 8.40. The molecule has 0 atom stereocenters. The van der Waals surface area contributed by atoms with Crippen molar-refractivity contribution in [1.82, 2.24) is 14.9 Å². The normalized spacial score (nSPS) is 11.0. The first-order valence-electron chi connectivity index (χ1n) is 11.8. The molecule has 1 amide bonds. The number of hydrogen-bond acceptors (Lipinski definition) is 3. The molecular formula is C28H30ClN3O2. The summed E-state index contributed by atoms with van der Waals surface area (Å²) in [5.41, 5.74) is 4.00. The molecule has 1 heterocycles. The number of imidazole rings is 1. The van der Waals surface area contributed by atoms with Crippen LogP contribution in [0, 0.1) is 6.92 Å². The van der Waals surface area contributed by atoms with Gasteiger partial charge in [0.25, 0.3) is 5.91 Å². The second-order valence-corrected chi connectivity index (χ2v) is 8.84. The molecule has 0 saturated heterocycles.